The lowest BCUT2D eigenvalue weighted by atomic mass is 9.92. The average molecular weight is 393 g/mol. The lowest BCUT2D eigenvalue weighted by molar-refractivity contribution is -0.0382. The van der Waals surface area contributed by atoms with Gasteiger partial charge >= 0.3 is 5.97 Å². The summed E-state index contributed by atoms with van der Waals surface area (Å²) >= 11 is 0. The Bertz CT molecular complexity index is 837. The summed E-state index contributed by atoms with van der Waals surface area (Å²) in [7, 11) is 1.67. The molecular weight excluding hydrogens is 372 g/mol. The fourth-order valence-corrected chi connectivity index (χ4v) is 2.94. The molecule has 28 heavy (non-hydrogen) atoms. The summed E-state index contributed by atoms with van der Waals surface area (Å²) in [6, 6.07) is 5.53. The largest absolute Gasteiger partial charge is 0.489 e. The predicted molar refractivity (Wildman–Crippen MR) is 95.7 cm³/mol. The average Bonchev–Trinajstić information content (AvgIpc) is 2.66. The van der Waals surface area contributed by atoms with E-state index in [4.69, 9.17) is 19.3 Å². The maximum atomic E-state index is 14.1. The van der Waals surface area contributed by atoms with Crippen molar-refractivity contribution in [2.45, 2.75) is 44.5 Å². The van der Waals surface area contributed by atoms with E-state index in [1.165, 1.54) is 0 Å². The smallest absolute Gasteiger partial charge is 0.338 e. The highest BCUT2D eigenvalue weighted by molar-refractivity contribution is 5.88. The number of methoxy groups -OCH3 is 1. The van der Waals surface area contributed by atoms with Crippen molar-refractivity contribution in [2.75, 3.05) is 7.11 Å². The number of ether oxygens (including phenoxy) is 3. The van der Waals surface area contributed by atoms with Crippen LogP contribution in [-0.2, 0) is 4.74 Å². The van der Waals surface area contributed by atoms with Crippen LogP contribution in [0.15, 0.2) is 30.5 Å². The molecule has 0 spiro atoms. The number of benzene rings is 1. The van der Waals surface area contributed by atoms with Gasteiger partial charge in [-0.05, 0) is 30.7 Å². The number of rotatable bonds is 8. The van der Waals surface area contributed by atoms with Crippen molar-refractivity contribution in [1.82, 2.24) is 4.98 Å². The lowest BCUT2D eigenvalue weighted by Crippen LogP contribution is -2.38. The van der Waals surface area contributed by atoms with Gasteiger partial charge in [-0.2, -0.15) is 4.39 Å². The Labute approximate surface area is 161 Å². The van der Waals surface area contributed by atoms with E-state index in [1.54, 1.807) is 25.4 Å². The van der Waals surface area contributed by atoms with Crippen molar-refractivity contribution in [3.8, 4) is 11.5 Å². The van der Waals surface area contributed by atoms with Crippen LogP contribution in [0.1, 0.15) is 48.3 Å². The summed E-state index contributed by atoms with van der Waals surface area (Å²) in [5.41, 5.74) is -0.218. The maximum absolute atomic E-state index is 14.1. The molecule has 0 amide bonds. The number of carbonyl (C=O) groups is 1. The minimum Gasteiger partial charge on any atom is -0.489 e. The molecule has 1 heterocycles. The molecule has 1 aliphatic carbocycles. The Morgan fingerprint density at radius 3 is 2.54 bits per heavy atom. The summed E-state index contributed by atoms with van der Waals surface area (Å²) in [5.74, 6) is -4.09. The molecule has 150 valence electrons. The van der Waals surface area contributed by atoms with Gasteiger partial charge in [0.1, 0.15) is 18.0 Å². The van der Waals surface area contributed by atoms with Crippen molar-refractivity contribution in [1.29, 1.82) is 0 Å². The van der Waals surface area contributed by atoms with E-state index in [-0.39, 0.29) is 18.0 Å². The monoisotopic (exact) mass is 393 g/mol. The first-order valence-corrected chi connectivity index (χ1v) is 8.96. The Morgan fingerprint density at radius 2 is 1.96 bits per heavy atom. The molecule has 1 atom stereocenters. The van der Waals surface area contributed by atoms with Gasteiger partial charge in [0.15, 0.2) is 11.6 Å². The molecule has 0 bridgehead atoms. The quantitative estimate of drug-likeness (QED) is 0.726. The second-order valence-electron chi connectivity index (χ2n) is 6.55. The minimum atomic E-state index is -1.55. The first kappa shape index (κ1) is 20.0. The Kier molecular flexibility index (Phi) is 6.08. The first-order chi connectivity index (χ1) is 13.4. The molecule has 1 fully saturated rings. The normalized spacial score (nSPS) is 19.6. The van der Waals surface area contributed by atoms with Crippen molar-refractivity contribution >= 4 is 5.97 Å². The highest BCUT2D eigenvalue weighted by Crippen LogP contribution is 2.31. The summed E-state index contributed by atoms with van der Waals surface area (Å²) in [5, 5.41) is 8.85. The van der Waals surface area contributed by atoms with Gasteiger partial charge in [-0.25, -0.2) is 9.18 Å². The second kappa shape index (κ2) is 8.52. The maximum Gasteiger partial charge on any atom is 0.338 e. The van der Waals surface area contributed by atoms with E-state index < -0.39 is 29.3 Å². The number of aromatic carboxylic acids is 1. The molecule has 8 heteroatoms. The van der Waals surface area contributed by atoms with Crippen LogP contribution in [0.25, 0.3) is 0 Å². The summed E-state index contributed by atoms with van der Waals surface area (Å²) in [4.78, 5) is 15.2. The van der Waals surface area contributed by atoms with Crippen molar-refractivity contribution in [3.63, 3.8) is 0 Å². The van der Waals surface area contributed by atoms with Gasteiger partial charge < -0.3 is 19.3 Å². The Hall–Kier alpha value is -2.74. The SMILES string of the molecule is CC[C@@H](Oc1ccc(C(=O)O)c(F)c1F)c1ccc(OC2CC(OC)C2)cn1. The number of aromatic nitrogens is 1. The molecule has 3 rings (SSSR count). The first-order valence-electron chi connectivity index (χ1n) is 8.96. The molecule has 1 saturated carbocycles. The van der Waals surface area contributed by atoms with E-state index in [0.29, 0.717) is 17.9 Å². The molecule has 0 radical (unpaired) electrons. The van der Waals surface area contributed by atoms with Gasteiger partial charge in [0.05, 0.1) is 23.6 Å². The molecule has 1 aromatic heterocycles. The number of carboxylic acid groups (broad SMARTS) is 1. The Balaban J connectivity index is 1.68. The van der Waals surface area contributed by atoms with Gasteiger partial charge in [0.2, 0.25) is 5.82 Å². The van der Waals surface area contributed by atoms with Crippen molar-refractivity contribution in [2.24, 2.45) is 0 Å². The topological polar surface area (TPSA) is 77.9 Å². The van der Waals surface area contributed by atoms with Crippen LogP contribution in [0.2, 0.25) is 0 Å². The van der Waals surface area contributed by atoms with E-state index >= 15 is 0 Å². The standard InChI is InChI=1S/C20H21F2NO5/c1-3-16(28-17-7-5-14(20(24)25)18(21)19(17)22)15-6-4-11(10-23-15)27-13-8-12(9-13)26-2/h4-7,10,12-13,16H,3,8-9H2,1-2H3,(H,24,25)/t12?,13?,16-/m1/s1. The number of nitrogens with zero attached hydrogens (tertiary/aromatic N) is 1. The third-order valence-corrected chi connectivity index (χ3v) is 4.69. The van der Waals surface area contributed by atoms with Crippen LogP contribution in [0.4, 0.5) is 8.78 Å². The molecule has 2 aromatic rings. The Morgan fingerprint density at radius 1 is 1.21 bits per heavy atom. The summed E-state index contributed by atoms with van der Waals surface area (Å²) in [6.07, 6.45) is 3.38. The van der Waals surface area contributed by atoms with Crippen LogP contribution in [-0.4, -0.2) is 35.4 Å². The van der Waals surface area contributed by atoms with Gasteiger partial charge in [-0.3, -0.25) is 4.98 Å². The van der Waals surface area contributed by atoms with Crippen molar-refractivity contribution in [3.05, 3.63) is 53.4 Å². The van der Waals surface area contributed by atoms with E-state index in [0.717, 1.165) is 25.0 Å². The van der Waals surface area contributed by atoms with Gasteiger partial charge in [-0.15, -0.1) is 0 Å². The number of hydrogen-bond acceptors (Lipinski definition) is 5. The van der Waals surface area contributed by atoms with Crippen LogP contribution in [0.5, 0.6) is 11.5 Å². The highest BCUT2D eigenvalue weighted by Gasteiger charge is 2.31. The van der Waals surface area contributed by atoms with Crippen LogP contribution < -0.4 is 9.47 Å². The van der Waals surface area contributed by atoms with Crippen LogP contribution in [0, 0.1) is 11.6 Å². The fourth-order valence-electron chi connectivity index (χ4n) is 2.94. The fraction of sp³-hybridized carbons (Fsp3) is 0.400. The predicted octanol–water partition coefficient (Wildman–Crippen LogP) is 4.14. The second-order valence-corrected chi connectivity index (χ2v) is 6.55. The lowest BCUT2D eigenvalue weighted by Gasteiger charge is -2.34. The van der Waals surface area contributed by atoms with Gasteiger partial charge in [0.25, 0.3) is 0 Å². The van der Waals surface area contributed by atoms with Gasteiger partial charge in [0, 0.05) is 20.0 Å². The zero-order chi connectivity index (χ0) is 20.3. The van der Waals surface area contributed by atoms with Gasteiger partial charge in [-0.1, -0.05) is 6.92 Å². The minimum absolute atomic E-state index is 0.0978. The number of hydrogen-bond donors (Lipinski definition) is 1. The number of carboxylic acids is 1. The number of halogens is 2. The zero-order valence-electron chi connectivity index (χ0n) is 15.5. The summed E-state index contributed by atoms with van der Waals surface area (Å²) < 4.78 is 44.5. The molecule has 1 aromatic carbocycles. The van der Waals surface area contributed by atoms with E-state index in [2.05, 4.69) is 4.98 Å². The van der Waals surface area contributed by atoms with Crippen LogP contribution >= 0.6 is 0 Å². The van der Waals surface area contributed by atoms with E-state index in [9.17, 15) is 13.6 Å². The molecular formula is C20H21F2NO5. The van der Waals surface area contributed by atoms with Crippen molar-refractivity contribution < 1.29 is 32.9 Å². The molecule has 6 nitrogen and oxygen atoms in total. The third kappa shape index (κ3) is 4.22. The summed E-state index contributed by atoms with van der Waals surface area (Å²) in [6.45, 7) is 1.82. The third-order valence-electron chi connectivity index (χ3n) is 4.69. The zero-order valence-corrected chi connectivity index (χ0v) is 15.5. The van der Waals surface area contributed by atoms with Crippen LogP contribution in [0.3, 0.4) is 0 Å². The number of pyridine rings is 1. The molecule has 1 aliphatic rings. The molecule has 0 saturated heterocycles. The molecule has 0 aliphatic heterocycles. The molecule has 1 N–H and O–H groups in total. The molecule has 0 unspecified atom stereocenters. The van der Waals surface area contributed by atoms with E-state index in [1.807, 2.05) is 6.92 Å². The highest BCUT2D eigenvalue weighted by atomic mass is 19.2.